The number of ether oxygens (including phenoxy) is 1. The van der Waals surface area contributed by atoms with E-state index in [2.05, 4.69) is 22.2 Å². The summed E-state index contributed by atoms with van der Waals surface area (Å²) in [6.45, 7) is 3.67. The van der Waals surface area contributed by atoms with Gasteiger partial charge in [0.1, 0.15) is 5.82 Å². The van der Waals surface area contributed by atoms with Crippen molar-refractivity contribution < 1.29 is 22.7 Å². The number of nitrogens with one attached hydrogen (secondary N) is 1. The molecule has 1 aliphatic heterocycles. The van der Waals surface area contributed by atoms with Crippen LogP contribution in [0.1, 0.15) is 87.7 Å². The summed E-state index contributed by atoms with van der Waals surface area (Å²) >= 11 is 0. The van der Waals surface area contributed by atoms with Crippen LogP contribution in [0, 0.1) is 12.8 Å². The lowest BCUT2D eigenvalue weighted by Crippen LogP contribution is -2.43. The van der Waals surface area contributed by atoms with Crippen molar-refractivity contribution >= 4 is 11.7 Å². The first-order chi connectivity index (χ1) is 17.7. The Morgan fingerprint density at radius 3 is 2.59 bits per heavy atom. The number of aryl methyl sites for hydroxylation is 1. The molecular weight excluding hydrogens is 481 g/mol. The number of aromatic nitrogens is 2. The maximum Gasteiger partial charge on any atom is 0.416 e. The molecule has 202 valence electrons. The minimum atomic E-state index is -4.47. The third-order valence-electron chi connectivity index (χ3n) is 7.57. The summed E-state index contributed by atoms with van der Waals surface area (Å²) in [5.74, 6) is 0.698. The van der Waals surface area contributed by atoms with E-state index in [4.69, 9.17) is 4.74 Å². The minimum Gasteiger partial charge on any atom is -0.481 e. The normalized spacial score (nSPS) is 22.8. The summed E-state index contributed by atoms with van der Waals surface area (Å²) in [6, 6.07) is 6.74. The number of hydrogen-bond acceptors (Lipinski definition) is 5. The second kappa shape index (κ2) is 11.7. The molecule has 0 bridgehead atoms. The molecule has 1 aliphatic carbocycles. The number of rotatable bonds is 8. The van der Waals surface area contributed by atoms with Gasteiger partial charge >= 0.3 is 6.18 Å². The largest absolute Gasteiger partial charge is 0.481 e. The highest BCUT2D eigenvalue weighted by molar-refractivity contribution is 5.80. The van der Waals surface area contributed by atoms with E-state index in [1.54, 1.807) is 20.1 Å². The summed E-state index contributed by atoms with van der Waals surface area (Å²) in [6.07, 6.45) is 3.92. The maximum atomic E-state index is 14.0. The highest BCUT2D eigenvalue weighted by atomic mass is 19.4. The first kappa shape index (κ1) is 27.2. The second-order valence-corrected chi connectivity index (χ2v) is 10.3. The van der Waals surface area contributed by atoms with Crippen LogP contribution in [0.3, 0.4) is 0 Å². The molecule has 0 spiro atoms. The van der Waals surface area contributed by atoms with Gasteiger partial charge in [-0.2, -0.15) is 13.2 Å². The molecule has 2 aliphatic rings. The van der Waals surface area contributed by atoms with E-state index in [0.29, 0.717) is 18.0 Å². The van der Waals surface area contributed by atoms with Crippen molar-refractivity contribution in [2.24, 2.45) is 5.92 Å². The Balaban J connectivity index is 1.74. The van der Waals surface area contributed by atoms with Gasteiger partial charge < -0.3 is 15.0 Å². The number of anilines is 1. The van der Waals surface area contributed by atoms with Gasteiger partial charge in [0, 0.05) is 23.7 Å². The Bertz CT molecular complexity index is 1070. The van der Waals surface area contributed by atoms with Crippen LogP contribution in [0.15, 0.2) is 30.3 Å². The number of pyridine rings is 2. The number of likely N-dealkylation sites (tertiary alicyclic amines) is 1. The van der Waals surface area contributed by atoms with E-state index >= 15 is 0 Å². The fourth-order valence-corrected chi connectivity index (χ4v) is 5.82. The van der Waals surface area contributed by atoms with Gasteiger partial charge in [0.25, 0.3) is 0 Å². The molecular formula is C28H37F3N4O2. The number of carbonyl (C=O) groups is 1. The van der Waals surface area contributed by atoms with Crippen molar-refractivity contribution in [2.75, 3.05) is 12.4 Å². The fraction of sp³-hybridized carbons (Fsp3) is 0.607. The zero-order valence-electron chi connectivity index (χ0n) is 21.9. The van der Waals surface area contributed by atoms with Gasteiger partial charge in [-0.3, -0.25) is 4.79 Å². The molecule has 3 heterocycles. The van der Waals surface area contributed by atoms with Gasteiger partial charge in [-0.15, -0.1) is 0 Å². The monoisotopic (exact) mass is 518 g/mol. The maximum absolute atomic E-state index is 14.0. The van der Waals surface area contributed by atoms with Crippen molar-refractivity contribution in [3.63, 3.8) is 0 Å². The predicted molar refractivity (Wildman–Crippen MR) is 136 cm³/mol. The summed E-state index contributed by atoms with van der Waals surface area (Å²) in [4.78, 5) is 25.1. The van der Waals surface area contributed by atoms with Crippen molar-refractivity contribution in [1.82, 2.24) is 14.9 Å². The van der Waals surface area contributed by atoms with Gasteiger partial charge in [0.15, 0.2) is 0 Å². The molecule has 2 aromatic rings. The average Bonchev–Trinajstić information content (AvgIpc) is 3.24. The Kier molecular flexibility index (Phi) is 8.60. The molecule has 1 amide bonds. The van der Waals surface area contributed by atoms with Gasteiger partial charge in [-0.05, 0) is 50.8 Å². The van der Waals surface area contributed by atoms with Crippen LogP contribution < -0.4 is 10.1 Å². The lowest BCUT2D eigenvalue weighted by molar-refractivity contribution is -0.140. The van der Waals surface area contributed by atoms with E-state index in [-0.39, 0.29) is 35.4 Å². The first-order valence-corrected chi connectivity index (χ1v) is 13.4. The van der Waals surface area contributed by atoms with Crippen molar-refractivity contribution in [2.45, 2.75) is 95.9 Å². The topological polar surface area (TPSA) is 67.4 Å². The number of halogens is 3. The molecule has 37 heavy (non-hydrogen) atoms. The Labute approximate surface area is 217 Å². The number of carbonyl (C=O) groups excluding carboxylic acids is 1. The molecule has 2 aromatic heterocycles. The summed E-state index contributed by atoms with van der Waals surface area (Å²) in [5, 5.41) is 3.29. The molecule has 6 nitrogen and oxygen atoms in total. The average molecular weight is 519 g/mol. The van der Waals surface area contributed by atoms with Crippen LogP contribution in [0.4, 0.5) is 19.0 Å². The zero-order valence-corrected chi connectivity index (χ0v) is 21.9. The molecule has 3 atom stereocenters. The Hall–Kier alpha value is -2.84. The van der Waals surface area contributed by atoms with Crippen LogP contribution in [-0.2, 0) is 11.0 Å². The molecule has 0 aromatic carbocycles. The van der Waals surface area contributed by atoms with Gasteiger partial charge in [0.2, 0.25) is 11.8 Å². The third-order valence-corrected chi connectivity index (χ3v) is 7.57. The standard InChI is InChI=1S/C28H37F3N4O2/c1-4-5-12-21-17-23(33-24-16-20(28(29,30)31)15-18(2)32-24)26(22-13-9-14-25(34-22)37-3)35(21)27(36)19-10-7-6-8-11-19/h9,13-16,19,21,23,26H,4-8,10-12,17H2,1-3H3,(H,32,33). The van der Waals surface area contributed by atoms with Crippen molar-refractivity contribution in [3.8, 4) is 5.88 Å². The van der Waals surface area contributed by atoms with Gasteiger partial charge in [-0.1, -0.05) is 45.1 Å². The van der Waals surface area contributed by atoms with E-state index in [1.165, 1.54) is 0 Å². The number of unbranched alkanes of at least 4 members (excludes halogenated alkanes) is 1. The van der Waals surface area contributed by atoms with Crippen molar-refractivity contribution in [3.05, 3.63) is 47.3 Å². The number of amides is 1. The fourth-order valence-electron chi connectivity index (χ4n) is 5.82. The van der Waals surface area contributed by atoms with E-state index < -0.39 is 17.8 Å². The van der Waals surface area contributed by atoms with Crippen molar-refractivity contribution in [1.29, 1.82) is 0 Å². The van der Waals surface area contributed by atoms with Crippen LogP contribution in [0.2, 0.25) is 0 Å². The third kappa shape index (κ3) is 6.36. The minimum absolute atomic E-state index is 0.0290. The SMILES string of the molecule is CCCCC1CC(Nc2cc(C(F)(F)F)cc(C)n2)C(c2cccc(OC)n2)N1C(=O)C1CCCCC1. The summed E-state index contributed by atoms with van der Waals surface area (Å²) in [7, 11) is 1.54. The molecule has 1 saturated carbocycles. The lowest BCUT2D eigenvalue weighted by atomic mass is 9.87. The van der Waals surface area contributed by atoms with Gasteiger partial charge in [0.05, 0.1) is 30.5 Å². The van der Waals surface area contributed by atoms with E-state index in [1.807, 2.05) is 17.0 Å². The van der Waals surface area contributed by atoms with E-state index in [9.17, 15) is 18.0 Å². The smallest absolute Gasteiger partial charge is 0.416 e. The number of nitrogens with zero attached hydrogens (tertiary/aromatic N) is 3. The first-order valence-electron chi connectivity index (χ1n) is 13.4. The lowest BCUT2D eigenvalue weighted by Gasteiger charge is -2.35. The van der Waals surface area contributed by atoms with Crippen LogP contribution in [0.25, 0.3) is 0 Å². The molecule has 3 unspecified atom stereocenters. The molecule has 1 N–H and O–H groups in total. The van der Waals surface area contributed by atoms with Gasteiger partial charge in [-0.25, -0.2) is 9.97 Å². The highest BCUT2D eigenvalue weighted by Crippen LogP contribution is 2.42. The zero-order chi connectivity index (χ0) is 26.6. The molecule has 0 radical (unpaired) electrons. The number of hydrogen-bond donors (Lipinski definition) is 1. The van der Waals surface area contributed by atoms with Crippen LogP contribution in [0.5, 0.6) is 5.88 Å². The van der Waals surface area contributed by atoms with Crippen LogP contribution >= 0.6 is 0 Å². The highest BCUT2D eigenvalue weighted by Gasteiger charge is 2.47. The molecule has 1 saturated heterocycles. The van der Waals surface area contributed by atoms with E-state index in [0.717, 1.165) is 63.5 Å². The molecule has 9 heteroatoms. The number of alkyl halides is 3. The molecule has 2 fully saturated rings. The number of methoxy groups -OCH3 is 1. The quantitative estimate of drug-likeness (QED) is 0.421. The Morgan fingerprint density at radius 1 is 1.16 bits per heavy atom. The Morgan fingerprint density at radius 2 is 1.92 bits per heavy atom. The second-order valence-electron chi connectivity index (χ2n) is 10.3. The summed E-state index contributed by atoms with van der Waals surface area (Å²) < 4.78 is 46.0. The summed E-state index contributed by atoms with van der Waals surface area (Å²) in [5.41, 5.74) is 0.210. The van der Waals surface area contributed by atoms with Crippen LogP contribution in [-0.4, -0.2) is 40.0 Å². The predicted octanol–water partition coefficient (Wildman–Crippen LogP) is 6.71. The molecule has 4 rings (SSSR count).